The lowest BCUT2D eigenvalue weighted by molar-refractivity contribution is 0.0467. The van der Waals surface area contributed by atoms with Gasteiger partial charge in [0.05, 0.1) is 23.4 Å². The SMILES string of the molecule is COc1cc(C)nc(COC(=O)c2cc(N)ccc2Cl)c1. The van der Waals surface area contributed by atoms with E-state index < -0.39 is 5.97 Å². The zero-order valence-corrected chi connectivity index (χ0v) is 12.5. The summed E-state index contributed by atoms with van der Waals surface area (Å²) in [4.78, 5) is 16.3. The summed E-state index contributed by atoms with van der Waals surface area (Å²) in [6.07, 6.45) is 0. The van der Waals surface area contributed by atoms with E-state index in [1.807, 2.05) is 6.92 Å². The molecule has 2 rings (SSSR count). The van der Waals surface area contributed by atoms with Gasteiger partial charge in [0.25, 0.3) is 0 Å². The third-order valence-electron chi connectivity index (χ3n) is 2.78. The Labute approximate surface area is 127 Å². The van der Waals surface area contributed by atoms with Crippen LogP contribution in [0, 0.1) is 6.92 Å². The number of nitrogens with zero attached hydrogens (tertiary/aromatic N) is 1. The van der Waals surface area contributed by atoms with E-state index in [9.17, 15) is 4.79 Å². The fraction of sp³-hybridized carbons (Fsp3) is 0.200. The second-order valence-electron chi connectivity index (χ2n) is 4.46. The van der Waals surface area contributed by atoms with Gasteiger partial charge in [-0.2, -0.15) is 0 Å². The van der Waals surface area contributed by atoms with Crippen molar-refractivity contribution in [2.24, 2.45) is 0 Å². The molecule has 0 atom stereocenters. The molecule has 110 valence electrons. The first kappa shape index (κ1) is 15.1. The third kappa shape index (κ3) is 3.86. The van der Waals surface area contributed by atoms with Crippen molar-refractivity contribution in [1.29, 1.82) is 0 Å². The van der Waals surface area contributed by atoms with Crippen molar-refractivity contribution in [3.05, 3.63) is 52.3 Å². The molecule has 0 aliphatic heterocycles. The summed E-state index contributed by atoms with van der Waals surface area (Å²) in [6.45, 7) is 1.87. The fourth-order valence-corrected chi connectivity index (χ4v) is 2.01. The minimum Gasteiger partial charge on any atom is -0.497 e. The number of esters is 1. The number of nitrogens with two attached hydrogens (primary N) is 1. The van der Waals surface area contributed by atoms with E-state index in [0.717, 1.165) is 5.69 Å². The van der Waals surface area contributed by atoms with Crippen LogP contribution in [-0.4, -0.2) is 18.1 Å². The van der Waals surface area contributed by atoms with E-state index in [-0.39, 0.29) is 12.2 Å². The number of carbonyl (C=O) groups is 1. The number of hydrogen-bond donors (Lipinski definition) is 1. The Balaban J connectivity index is 2.11. The minimum atomic E-state index is -0.547. The lowest BCUT2D eigenvalue weighted by Gasteiger charge is -2.08. The number of rotatable bonds is 4. The predicted octanol–water partition coefficient (Wildman–Crippen LogP) is 2.99. The van der Waals surface area contributed by atoms with Crippen LogP contribution >= 0.6 is 11.6 Å². The van der Waals surface area contributed by atoms with Crippen molar-refractivity contribution >= 4 is 23.3 Å². The maximum Gasteiger partial charge on any atom is 0.340 e. The molecule has 0 radical (unpaired) electrons. The Morgan fingerprint density at radius 2 is 2.10 bits per heavy atom. The molecule has 1 aromatic heterocycles. The van der Waals surface area contributed by atoms with Crippen LogP contribution < -0.4 is 10.5 Å². The summed E-state index contributed by atoms with van der Waals surface area (Å²) >= 11 is 5.95. The van der Waals surface area contributed by atoms with E-state index in [2.05, 4.69) is 4.98 Å². The van der Waals surface area contributed by atoms with Gasteiger partial charge in [-0.15, -0.1) is 0 Å². The fourth-order valence-electron chi connectivity index (χ4n) is 1.81. The molecule has 21 heavy (non-hydrogen) atoms. The van der Waals surface area contributed by atoms with E-state index in [1.165, 1.54) is 6.07 Å². The van der Waals surface area contributed by atoms with Crippen LogP contribution in [0.4, 0.5) is 5.69 Å². The van der Waals surface area contributed by atoms with E-state index in [0.29, 0.717) is 22.2 Å². The maximum atomic E-state index is 12.0. The lowest BCUT2D eigenvalue weighted by atomic mass is 10.2. The van der Waals surface area contributed by atoms with E-state index in [4.69, 9.17) is 26.8 Å². The molecular weight excluding hydrogens is 292 g/mol. The number of aryl methyl sites for hydroxylation is 1. The number of hydrogen-bond acceptors (Lipinski definition) is 5. The Morgan fingerprint density at radius 1 is 1.33 bits per heavy atom. The van der Waals surface area contributed by atoms with Crippen LogP contribution in [0.3, 0.4) is 0 Å². The molecular formula is C15H15ClN2O3. The van der Waals surface area contributed by atoms with Gasteiger partial charge >= 0.3 is 5.97 Å². The highest BCUT2D eigenvalue weighted by Crippen LogP contribution is 2.20. The van der Waals surface area contributed by atoms with Gasteiger partial charge in [-0.25, -0.2) is 4.79 Å². The number of carbonyl (C=O) groups excluding carboxylic acids is 1. The molecule has 5 nitrogen and oxygen atoms in total. The van der Waals surface area contributed by atoms with Gasteiger partial charge in [-0.05, 0) is 25.1 Å². The van der Waals surface area contributed by atoms with Gasteiger partial charge in [0.15, 0.2) is 0 Å². The van der Waals surface area contributed by atoms with Crippen LogP contribution in [-0.2, 0) is 11.3 Å². The molecule has 2 aromatic rings. The van der Waals surface area contributed by atoms with Crippen LogP contribution in [0.5, 0.6) is 5.75 Å². The summed E-state index contributed by atoms with van der Waals surface area (Å²) in [6, 6.07) is 8.16. The number of benzene rings is 1. The normalized spacial score (nSPS) is 10.2. The predicted molar refractivity (Wildman–Crippen MR) is 80.5 cm³/mol. The van der Waals surface area contributed by atoms with Crippen molar-refractivity contribution in [3.8, 4) is 5.75 Å². The second kappa shape index (κ2) is 6.45. The molecule has 0 spiro atoms. The van der Waals surface area contributed by atoms with Crippen molar-refractivity contribution in [2.75, 3.05) is 12.8 Å². The summed E-state index contributed by atoms with van der Waals surface area (Å²) in [5, 5.41) is 0.295. The molecule has 0 aliphatic rings. The molecule has 0 saturated heterocycles. The quantitative estimate of drug-likeness (QED) is 0.694. The molecule has 1 heterocycles. The number of halogens is 1. The second-order valence-corrected chi connectivity index (χ2v) is 4.86. The number of pyridine rings is 1. The van der Waals surface area contributed by atoms with Crippen LogP contribution in [0.2, 0.25) is 5.02 Å². The van der Waals surface area contributed by atoms with Gasteiger partial charge in [0.2, 0.25) is 0 Å². The highest BCUT2D eigenvalue weighted by Gasteiger charge is 2.13. The average Bonchev–Trinajstić information content (AvgIpc) is 2.46. The molecule has 6 heteroatoms. The summed E-state index contributed by atoms with van der Waals surface area (Å²) < 4.78 is 10.4. The van der Waals surface area contributed by atoms with Crippen LogP contribution in [0.25, 0.3) is 0 Å². The van der Waals surface area contributed by atoms with E-state index >= 15 is 0 Å². The number of methoxy groups -OCH3 is 1. The van der Waals surface area contributed by atoms with E-state index in [1.54, 1.807) is 31.4 Å². The van der Waals surface area contributed by atoms with Crippen LogP contribution in [0.1, 0.15) is 21.7 Å². The van der Waals surface area contributed by atoms with Crippen molar-refractivity contribution in [3.63, 3.8) is 0 Å². The molecule has 0 bridgehead atoms. The lowest BCUT2D eigenvalue weighted by Crippen LogP contribution is -2.08. The molecule has 1 aromatic carbocycles. The summed E-state index contributed by atoms with van der Waals surface area (Å²) in [5.41, 5.74) is 7.69. The van der Waals surface area contributed by atoms with Gasteiger partial charge < -0.3 is 15.2 Å². The standard InChI is InChI=1S/C15H15ClN2O3/c1-9-5-12(20-2)7-11(18-9)8-21-15(19)13-6-10(17)3-4-14(13)16/h3-7H,8,17H2,1-2H3. The summed E-state index contributed by atoms with van der Waals surface area (Å²) in [7, 11) is 1.57. The van der Waals surface area contributed by atoms with Crippen molar-refractivity contribution in [2.45, 2.75) is 13.5 Å². The zero-order valence-electron chi connectivity index (χ0n) is 11.7. The number of nitrogen functional groups attached to an aromatic ring is 1. The molecule has 0 aliphatic carbocycles. The maximum absolute atomic E-state index is 12.0. The number of aromatic nitrogens is 1. The first-order chi connectivity index (χ1) is 9.99. The first-order valence-electron chi connectivity index (χ1n) is 6.23. The Hall–Kier alpha value is -2.27. The topological polar surface area (TPSA) is 74.4 Å². The van der Waals surface area contributed by atoms with Crippen molar-refractivity contribution < 1.29 is 14.3 Å². The van der Waals surface area contributed by atoms with Gasteiger partial charge in [0.1, 0.15) is 12.4 Å². The molecule has 0 saturated carbocycles. The van der Waals surface area contributed by atoms with Gasteiger partial charge in [-0.1, -0.05) is 11.6 Å². The van der Waals surface area contributed by atoms with Crippen molar-refractivity contribution in [1.82, 2.24) is 4.98 Å². The Kier molecular flexibility index (Phi) is 4.65. The largest absolute Gasteiger partial charge is 0.497 e. The van der Waals surface area contributed by atoms with Gasteiger partial charge in [-0.3, -0.25) is 4.98 Å². The highest BCUT2D eigenvalue weighted by molar-refractivity contribution is 6.33. The van der Waals surface area contributed by atoms with Crippen LogP contribution in [0.15, 0.2) is 30.3 Å². The minimum absolute atomic E-state index is 0.0298. The smallest absolute Gasteiger partial charge is 0.340 e. The van der Waals surface area contributed by atoms with Gasteiger partial charge in [0, 0.05) is 23.5 Å². The zero-order chi connectivity index (χ0) is 15.4. The summed E-state index contributed by atoms with van der Waals surface area (Å²) in [5.74, 6) is 0.116. The number of ether oxygens (including phenoxy) is 2. The Bertz CT molecular complexity index is 674. The monoisotopic (exact) mass is 306 g/mol. The highest BCUT2D eigenvalue weighted by atomic mass is 35.5. The molecule has 0 unspecified atom stereocenters. The molecule has 2 N–H and O–H groups in total. The Morgan fingerprint density at radius 3 is 2.81 bits per heavy atom. The average molecular weight is 307 g/mol. The third-order valence-corrected chi connectivity index (χ3v) is 3.11. The first-order valence-corrected chi connectivity index (χ1v) is 6.61. The molecule has 0 amide bonds. The number of anilines is 1. The molecule has 0 fully saturated rings.